The summed E-state index contributed by atoms with van der Waals surface area (Å²) in [5.74, 6) is 0. The first-order valence-corrected chi connectivity index (χ1v) is 5.96. The molecule has 1 aromatic rings. The molecule has 1 aliphatic rings. The van der Waals surface area contributed by atoms with Gasteiger partial charge in [0.05, 0.1) is 11.8 Å². The Kier molecular flexibility index (Phi) is 3.61. The van der Waals surface area contributed by atoms with Crippen LogP contribution in [0.15, 0.2) is 6.20 Å². The van der Waals surface area contributed by atoms with Crippen molar-refractivity contribution >= 4 is 0 Å². The molecule has 2 atom stereocenters. The molecule has 1 heterocycles. The van der Waals surface area contributed by atoms with E-state index in [1.54, 1.807) is 7.11 Å². The molecular weight excluding hydrogens is 202 g/mol. The monoisotopic (exact) mass is 223 g/mol. The first-order valence-electron chi connectivity index (χ1n) is 5.96. The van der Waals surface area contributed by atoms with Gasteiger partial charge in [0.1, 0.15) is 0 Å². The van der Waals surface area contributed by atoms with Gasteiger partial charge in [-0.25, -0.2) is 0 Å². The van der Waals surface area contributed by atoms with Crippen molar-refractivity contribution in [3.8, 4) is 0 Å². The number of hydrogen-bond donors (Lipinski definition) is 1. The maximum Gasteiger partial charge on any atom is 0.0724 e. The minimum atomic E-state index is 0.386. The Morgan fingerprint density at radius 3 is 3.00 bits per heavy atom. The van der Waals surface area contributed by atoms with Gasteiger partial charge in [-0.2, -0.15) is 5.10 Å². The van der Waals surface area contributed by atoms with Gasteiger partial charge in [-0.15, -0.1) is 0 Å². The second kappa shape index (κ2) is 4.97. The number of ether oxygens (including phenoxy) is 1. The normalized spacial score (nSPS) is 25.2. The lowest BCUT2D eigenvalue weighted by atomic mass is 10.2. The Morgan fingerprint density at radius 2 is 2.38 bits per heavy atom. The minimum absolute atomic E-state index is 0.386. The third-order valence-corrected chi connectivity index (χ3v) is 3.43. The molecule has 1 aromatic heterocycles. The quantitative estimate of drug-likeness (QED) is 0.838. The van der Waals surface area contributed by atoms with Crippen molar-refractivity contribution in [1.82, 2.24) is 15.1 Å². The van der Waals surface area contributed by atoms with Crippen molar-refractivity contribution in [2.24, 2.45) is 7.05 Å². The summed E-state index contributed by atoms with van der Waals surface area (Å²) in [6.07, 6.45) is 6.14. The molecule has 90 valence electrons. The van der Waals surface area contributed by atoms with Crippen LogP contribution in [0.3, 0.4) is 0 Å². The van der Waals surface area contributed by atoms with Crippen molar-refractivity contribution in [3.63, 3.8) is 0 Å². The van der Waals surface area contributed by atoms with Gasteiger partial charge >= 0.3 is 0 Å². The first kappa shape index (κ1) is 11.6. The summed E-state index contributed by atoms with van der Waals surface area (Å²) in [4.78, 5) is 0. The maximum absolute atomic E-state index is 5.46. The Hall–Kier alpha value is -0.870. The molecular formula is C12H21N3O. The molecule has 0 radical (unpaired) electrons. The molecule has 2 rings (SSSR count). The van der Waals surface area contributed by atoms with Crippen molar-refractivity contribution in [1.29, 1.82) is 0 Å². The van der Waals surface area contributed by atoms with Crippen LogP contribution in [0.2, 0.25) is 0 Å². The van der Waals surface area contributed by atoms with Gasteiger partial charge in [-0.05, 0) is 26.2 Å². The van der Waals surface area contributed by atoms with Crippen LogP contribution in [-0.4, -0.2) is 29.0 Å². The minimum Gasteiger partial charge on any atom is -0.380 e. The fourth-order valence-electron chi connectivity index (χ4n) is 2.50. The van der Waals surface area contributed by atoms with Gasteiger partial charge in [0.15, 0.2) is 0 Å². The molecule has 0 aliphatic heterocycles. The van der Waals surface area contributed by atoms with Crippen LogP contribution in [0.1, 0.15) is 30.5 Å². The number of aryl methyl sites for hydroxylation is 2. The number of nitrogens with one attached hydrogen (secondary N) is 1. The predicted molar refractivity (Wildman–Crippen MR) is 63.2 cm³/mol. The number of rotatable bonds is 4. The average molecular weight is 223 g/mol. The number of aromatic nitrogens is 2. The number of methoxy groups -OCH3 is 1. The van der Waals surface area contributed by atoms with Crippen LogP contribution in [0.5, 0.6) is 0 Å². The Labute approximate surface area is 97.0 Å². The van der Waals surface area contributed by atoms with E-state index in [0.29, 0.717) is 12.1 Å². The van der Waals surface area contributed by atoms with E-state index in [2.05, 4.69) is 23.5 Å². The highest BCUT2D eigenvalue weighted by molar-refractivity contribution is 5.15. The lowest BCUT2D eigenvalue weighted by Gasteiger charge is -2.19. The molecule has 0 amide bonds. The average Bonchev–Trinajstić information content (AvgIpc) is 2.81. The van der Waals surface area contributed by atoms with Crippen LogP contribution < -0.4 is 5.32 Å². The van der Waals surface area contributed by atoms with E-state index in [0.717, 1.165) is 12.2 Å². The molecule has 2 unspecified atom stereocenters. The van der Waals surface area contributed by atoms with Gasteiger partial charge < -0.3 is 10.1 Å². The van der Waals surface area contributed by atoms with Gasteiger partial charge in [0, 0.05) is 38.5 Å². The van der Waals surface area contributed by atoms with E-state index in [-0.39, 0.29) is 0 Å². The molecule has 0 saturated heterocycles. The molecule has 0 bridgehead atoms. The third kappa shape index (κ3) is 2.44. The van der Waals surface area contributed by atoms with E-state index in [4.69, 9.17) is 4.74 Å². The molecule has 1 aliphatic carbocycles. The van der Waals surface area contributed by atoms with Gasteiger partial charge in [-0.1, -0.05) is 0 Å². The smallest absolute Gasteiger partial charge is 0.0724 e. The molecule has 4 heteroatoms. The molecule has 0 spiro atoms. The van der Waals surface area contributed by atoms with E-state index in [9.17, 15) is 0 Å². The number of nitrogens with zero attached hydrogens (tertiary/aromatic N) is 2. The van der Waals surface area contributed by atoms with Gasteiger partial charge in [0.25, 0.3) is 0 Å². The van der Waals surface area contributed by atoms with Gasteiger partial charge in [-0.3, -0.25) is 4.68 Å². The summed E-state index contributed by atoms with van der Waals surface area (Å²) in [5, 5.41) is 7.92. The second-order valence-corrected chi connectivity index (χ2v) is 4.61. The molecule has 1 N–H and O–H groups in total. The first-order chi connectivity index (χ1) is 7.70. The lowest BCUT2D eigenvalue weighted by Crippen LogP contribution is -2.36. The second-order valence-electron chi connectivity index (χ2n) is 4.61. The summed E-state index contributed by atoms with van der Waals surface area (Å²) < 4.78 is 7.33. The Balaban J connectivity index is 1.89. The highest BCUT2D eigenvalue weighted by atomic mass is 16.5. The fraction of sp³-hybridized carbons (Fsp3) is 0.750. The van der Waals surface area contributed by atoms with Crippen LogP contribution in [0, 0.1) is 6.92 Å². The van der Waals surface area contributed by atoms with Gasteiger partial charge in [0.2, 0.25) is 0 Å². The van der Waals surface area contributed by atoms with E-state index >= 15 is 0 Å². The van der Waals surface area contributed by atoms with Crippen LogP contribution in [0.25, 0.3) is 0 Å². The fourth-order valence-corrected chi connectivity index (χ4v) is 2.50. The topological polar surface area (TPSA) is 39.1 Å². The largest absolute Gasteiger partial charge is 0.380 e. The lowest BCUT2D eigenvalue weighted by molar-refractivity contribution is 0.0847. The Bertz CT molecular complexity index is 348. The van der Waals surface area contributed by atoms with Crippen molar-refractivity contribution < 1.29 is 4.74 Å². The maximum atomic E-state index is 5.46. The number of hydrogen-bond acceptors (Lipinski definition) is 3. The van der Waals surface area contributed by atoms with E-state index in [1.807, 2.05) is 11.7 Å². The molecule has 16 heavy (non-hydrogen) atoms. The predicted octanol–water partition coefficient (Wildman–Crippen LogP) is 1.39. The summed E-state index contributed by atoms with van der Waals surface area (Å²) in [6.45, 7) is 2.95. The van der Waals surface area contributed by atoms with E-state index < -0.39 is 0 Å². The van der Waals surface area contributed by atoms with Crippen molar-refractivity contribution in [3.05, 3.63) is 17.5 Å². The summed E-state index contributed by atoms with van der Waals surface area (Å²) in [6, 6.07) is 0.504. The molecule has 1 saturated carbocycles. The van der Waals surface area contributed by atoms with Crippen molar-refractivity contribution in [2.45, 2.75) is 44.9 Å². The molecule has 1 fully saturated rings. The SMILES string of the molecule is COC1CCCC1NCc1cn(C)nc1C. The summed E-state index contributed by atoms with van der Waals surface area (Å²) in [7, 11) is 3.77. The Morgan fingerprint density at radius 1 is 1.56 bits per heavy atom. The summed E-state index contributed by atoms with van der Waals surface area (Å²) >= 11 is 0. The molecule has 4 nitrogen and oxygen atoms in total. The zero-order valence-corrected chi connectivity index (χ0v) is 10.4. The standard InChI is InChI=1S/C12H21N3O/c1-9-10(8-15(2)14-9)7-13-11-5-4-6-12(11)16-3/h8,11-13H,4-7H2,1-3H3. The van der Waals surface area contributed by atoms with E-state index in [1.165, 1.54) is 24.8 Å². The highest BCUT2D eigenvalue weighted by Crippen LogP contribution is 2.21. The summed E-state index contributed by atoms with van der Waals surface area (Å²) in [5.41, 5.74) is 2.39. The molecule has 0 aromatic carbocycles. The highest BCUT2D eigenvalue weighted by Gasteiger charge is 2.26. The van der Waals surface area contributed by atoms with Crippen LogP contribution in [0.4, 0.5) is 0 Å². The van der Waals surface area contributed by atoms with Crippen LogP contribution in [-0.2, 0) is 18.3 Å². The van der Waals surface area contributed by atoms with Crippen molar-refractivity contribution in [2.75, 3.05) is 7.11 Å². The zero-order chi connectivity index (χ0) is 11.5. The third-order valence-electron chi connectivity index (χ3n) is 3.43. The zero-order valence-electron chi connectivity index (χ0n) is 10.4. The van der Waals surface area contributed by atoms with Crippen LogP contribution >= 0.6 is 0 Å².